The summed E-state index contributed by atoms with van der Waals surface area (Å²) < 4.78 is 4.25. The van der Waals surface area contributed by atoms with Gasteiger partial charge in [-0.05, 0) is 37.1 Å². The van der Waals surface area contributed by atoms with Crippen LogP contribution in [0, 0.1) is 22.7 Å². The lowest BCUT2D eigenvalue weighted by molar-refractivity contribution is -0.138. The second kappa shape index (κ2) is 9.70. The van der Waals surface area contributed by atoms with Gasteiger partial charge in [-0.15, -0.1) is 45.3 Å². The number of fused-ring (bicyclic) bond motifs is 7. The van der Waals surface area contributed by atoms with E-state index in [4.69, 9.17) is 0 Å². The summed E-state index contributed by atoms with van der Waals surface area (Å²) in [5.41, 5.74) is 2.57. The van der Waals surface area contributed by atoms with Crippen LogP contribution >= 0.6 is 45.3 Å². The summed E-state index contributed by atoms with van der Waals surface area (Å²) in [7, 11) is 2.70. The van der Waals surface area contributed by atoms with Gasteiger partial charge in [-0.3, -0.25) is 29.0 Å². The van der Waals surface area contributed by atoms with E-state index >= 15 is 0 Å². The third-order valence-electron chi connectivity index (χ3n) is 8.34. The average molecular weight is 669 g/mol. The van der Waals surface area contributed by atoms with Crippen molar-refractivity contribution in [3.05, 3.63) is 45.6 Å². The maximum Gasteiger partial charge on any atom is 0.279 e. The molecule has 0 unspecified atom stereocenters. The fraction of sp³-hybridized carbons (Fsp3) is 0.226. The average Bonchev–Trinajstić information content (AvgIpc) is 3.76. The van der Waals surface area contributed by atoms with E-state index in [2.05, 4.69) is 23.8 Å². The highest BCUT2D eigenvalue weighted by Crippen LogP contribution is 2.63. The van der Waals surface area contributed by atoms with Crippen molar-refractivity contribution in [2.24, 2.45) is 9.98 Å². The number of carbonyl (C=O) groups is 4. The molecule has 45 heavy (non-hydrogen) atoms. The molecule has 0 bridgehead atoms. The molecule has 14 heteroatoms. The predicted octanol–water partition coefficient (Wildman–Crippen LogP) is 6.37. The van der Waals surface area contributed by atoms with Gasteiger partial charge >= 0.3 is 0 Å². The van der Waals surface area contributed by atoms with Crippen LogP contribution in [0.1, 0.15) is 38.8 Å². The van der Waals surface area contributed by atoms with Crippen LogP contribution in [0.4, 0.5) is 10.0 Å². The zero-order chi connectivity index (χ0) is 32.3. The van der Waals surface area contributed by atoms with E-state index in [9.17, 15) is 29.7 Å². The molecule has 0 N–H and O–H groups in total. The minimum absolute atomic E-state index is 0.0878. The van der Waals surface area contributed by atoms with Gasteiger partial charge in [-0.2, -0.15) is 10.5 Å². The summed E-state index contributed by atoms with van der Waals surface area (Å²) in [4.78, 5) is 64.0. The number of aliphatic imine (C=N–C) groups is 2. The van der Waals surface area contributed by atoms with Crippen LogP contribution in [0.3, 0.4) is 0 Å². The number of likely N-dealkylation sites (N-methyl/N-ethyl adjacent to an activating group) is 2. The Morgan fingerprint density at radius 2 is 1.04 bits per heavy atom. The molecule has 6 heterocycles. The maximum atomic E-state index is 12.9. The van der Waals surface area contributed by atoms with E-state index in [1.807, 2.05) is 24.3 Å². The Labute approximate surface area is 272 Å². The number of hydrogen-bond acceptors (Lipinski definition) is 12. The fourth-order valence-electron chi connectivity index (χ4n) is 5.91. The van der Waals surface area contributed by atoms with Crippen LogP contribution in [-0.4, -0.2) is 58.9 Å². The zero-order valence-corrected chi connectivity index (χ0v) is 27.9. The first-order valence-corrected chi connectivity index (χ1v) is 16.8. The largest absolute Gasteiger partial charge is 0.279 e. The number of hydrogen-bond donors (Lipinski definition) is 0. The van der Waals surface area contributed by atoms with E-state index in [0.717, 1.165) is 28.6 Å². The van der Waals surface area contributed by atoms with Crippen molar-refractivity contribution in [3.63, 3.8) is 0 Å². The van der Waals surface area contributed by atoms with Gasteiger partial charge in [0, 0.05) is 40.1 Å². The zero-order valence-electron chi connectivity index (χ0n) is 24.6. The van der Waals surface area contributed by atoms with Crippen molar-refractivity contribution in [2.75, 3.05) is 14.1 Å². The smallest absolute Gasteiger partial charge is 0.276 e. The molecular weight excluding hydrogens is 649 g/mol. The van der Waals surface area contributed by atoms with Gasteiger partial charge in [0.2, 0.25) is 0 Å². The summed E-state index contributed by atoms with van der Waals surface area (Å²) in [5, 5.41) is 20.2. The SMILES string of the molecule is CC1=C(C#N)C(=O)N(C)C(=O)C1=Nc1cc2sc3c(c2s1)C(C)(C)c1c-3sc2cc(N=C3C(=O)N(C)C(=O)C(C#N)=C3C)sc12. The predicted molar refractivity (Wildman–Crippen MR) is 177 cm³/mol. The summed E-state index contributed by atoms with van der Waals surface area (Å²) >= 11 is 6.30. The van der Waals surface area contributed by atoms with Crippen LogP contribution < -0.4 is 0 Å². The van der Waals surface area contributed by atoms with Crippen LogP contribution in [0.15, 0.2) is 44.4 Å². The number of thiophene rings is 4. The van der Waals surface area contributed by atoms with E-state index in [-0.39, 0.29) is 39.1 Å². The molecular formula is C31H20N6O4S4. The monoisotopic (exact) mass is 668 g/mol. The van der Waals surface area contributed by atoms with Crippen molar-refractivity contribution in [1.82, 2.24) is 9.80 Å². The van der Waals surface area contributed by atoms with Gasteiger partial charge in [0.05, 0.1) is 19.2 Å². The normalized spacial score (nSPS) is 19.9. The van der Waals surface area contributed by atoms with Gasteiger partial charge < -0.3 is 0 Å². The third kappa shape index (κ3) is 3.87. The van der Waals surface area contributed by atoms with E-state index in [1.165, 1.54) is 57.7 Å². The van der Waals surface area contributed by atoms with Crippen molar-refractivity contribution in [3.8, 4) is 21.9 Å². The molecule has 0 saturated heterocycles. The fourth-order valence-corrected chi connectivity index (χ4v) is 11.7. The first kappa shape index (κ1) is 29.1. The van der Waals surface area contributed by atoms with Crippen LogP contribution in [0.2, 0.25) is 0 Å². The van der Waals surface area contributed by atoms with E-state index < -0.39 is 23.6 Å². The number of amides is 4. The molecule has 3 aliphatic rings. The molecule has 0 aromatic carbocycles. The summed E-state index contributed by atoms with van der Waals surface area (Å²) in [5.74, 6) is -2.33. The Morgan fingerprint density at radius 1 is 0.667 bits per heavy atom. The molecule has 1 aliphatic carbocycles. The second-order valence-electron chi connectivity index (χ2n) is 11.3. The number of nitriles is 2. The molecule has 4 amide bonds. The molecule has 0 radical (unpaired) electrons. The molecule has 10 nitrogen and oxygen atoms in total. The highest BCUT2D eigenvalue weighted by molar-refractivity contribution is 7.36. The molecule has 7 rings (SSSR count). The summed E-state index contributed by atoms with van der Waals surface area (Å²) in [6.07, 6.45) is 0. The van der Waals surface area contributed by atoms with Crippen molar-refractivity contribution in [1.29, 1.82) is 10.5 Å². The molecule has 0 fully saturated rings. The molecule has 0 atom stereocenters. The minimum Gasteiger partial charge on any atom is -0.276 e. The summed E-state index contributed by atoms with van der Waals surface area (Å²) in [6.45, 7) is 7.51. The Kier molecular flexibility index (Phi) is 6.28. The van der Waals surface area contributed by atoms with Crippen LogP contribution in [0.5, 0.6) is 0 Å². The van der Waals surface area contributed by atoms with E-state index in [1.54, 1.807) is 36.5 Å². The lowest BCUT2D eigenvalue weighted by atomic mass is 9.84. The Bertz CT molecular complexity index is 2190. The van der Waals surface area contributed by atoms with Crippen LogP contribution in [0.25, 0.3) is 28.6 Å². The number of imide groups is 2. The molecule has 4 aromatic heterocycles. The highest BCUT2D eigenvalue weighted by Gasteiger charge is 2.43. The van der Waals surface area contributed by atoms with Crippen molar-refractivity contribution >= 4 is 109 Å². The van der Waals surface area contributed by atoms with Gasteiger partial charge in [-0.25, -0.2) is 9.98 Å². The molecule has 2 aliphatic heterocycles. The Hall–Kier alpha value is -4.60. The van der Waals surface area contributed by atoms with Gasteiger partial charge in [-0.1, -0.05) is 13.8 Å². The standard InChI is InChI=1S/C31H20N6O4S4/c1-11-13(9-32)27(38)36(5)29(40)21(11)34-17-7-15-23(44-17)19-25(42-15)26-20(31(19,3)4)24-16(43-26)8-18(45-24)35-22-12(2)14(10-33)28(39)37(6)30(22)41/h7-8H,1-6H3. The van der Waals surface area contributed by atoms with Gasteiger partial charge in [0.25, 0.3) is 23.6 Å². The highest BCUT2D eigenvalue weighted by atomic mass is 32.1. The third-order valence-corrected chi connectivity index (χ3v) is 13.1. The molecule has 4 aromatic rings. The van der Waals surface area contributed by atoms with Gasteiger partial charge in [0.1, 0.15) is 44.7 Å². The molecule has 0 spiro atoms. The minimum atomic E-state index is -0.627. The Balaban J connectivity index is 1.31. The second-order valence-corrected chi connectivity index (χ2v) is 15.4. The van der Waals surface area contributed by atoms with Crippen molar-refractivity contribution in [2.45, 2.75) is 33.1 Å². The summed E-state index contributed by atoms with van der Waals surface area (Å²) in [6, 6.07) is 7.71. The first-order valence-electron chi connectivity index (χ1n) is 13.5. The number of carbonyl (C=O) groups excluding carboxylic acids is 4. The Morgan fingerprint density at radius 3 is 1.40 bits per heavy atom. The lowest BCUT2D eigenvalue weighted by Gasteiger charge is -2.22. The van der Waals surface area contributed by atoms with Gasteiger partial charge in [0.15, 0.2) is 0 Å². The number of rotatable bonds is 2. The van der Waals surface area contributed by atoms with Crippen LogP contribution in [-0.2, 0) is 24.6 Å². The first-order chi connectivity index (χ1) is 21.3. The van der Waals surface area contributed by atoms with Crippen molar-refractivity contribution < 1.29 is 19.2 Å². The maximum absolute atomic E-state index is 12.9. The topological polar surface area (TPSA) is 147 Å². The lowest BCUT2D eigenvalue weighted by Crippen LogP contribution is -2.44. The number of nitrogens with zero attached hydrogens (tertiary/aromatic N) is 6. The molecule has 222 valence electrons. The quantitative estimate of drug-likeness (QED) is 0.227. The molecule has 0 saturated carbocycles. The van der Waals surface area contributed by atoms with E-state index in [0.29, 0.717) is 10.0 Å².